The van der Waals surface area contributed by atoms with E-state index in [1.165, 1.54) is 30.4 Å². The van der Waals surface area contributed by atoms with Gasteiger partial charge in [0.15, 0.2) is 0 Å². The van der Waals surface area contributed by atoms with E-state index in [-0.39, 0.29) is 6.10 Å². The number of aromatic nitrogens is 3. The van der Waals surface area contributed by atoms with Gasteiger partial charge in [-0.1, -0.05) is 51.3 Å². The lowest BCUT2D eigenvalue weighted by molar-refractivity contribution is 0.163. The molecule has 2 aromatic carbocycles. The number of aryl methyl sites for hydroxylation is 1. The Hall–Kier alpha value is -2.20. The molecule has 4 nitrogen and oxygen atoms in total. The molecule has 138 valence electrons. The first-order chi connectivity index (χ1) is 12.7. The molecule has 0 aliphatic heterocycles. The highest BCUT2D eigenvalue weighted by Crippen LogP contribution is 2.21. The number of unbranched alkanes of at least 4 members (excludes halogenated alkanes) is 2. The van der Waals surface area contributed by atoms with Crippen LogP contribution in [0.25, 0.3) is 16.7 Å². The van der Waals surface area contributed by atoms with Crippen LogP contribution in [0, 0.1) is 0 Å². The van der Waals surface area contributed by atoms with Crippen molar-refractivity contribution in [2.45, 2.75) is 64.9 Å². The Labute approximate surface area is 155 Å². The molecule has 4 heteroatoms. The summed E-state index contributed by atoms with van der Waals surface area (Å²) in [5.41, 5.74) is 5.36. The summed E-state index contributed by atoms with van der Waals surface area (Å²) in [7, 11) is 0. The van der Waals surface area contributed by atoms with Crippen LogP contribution in [-0.4, -0.2) is 26.2 Å². The highest BCUT2D eigenvalue weighted by molar-refractivity contribution is 5.73. The molecule has 0 spiro atoms. The quantitative estimate of drug-likeness (QED) is 0.560. The molecule has 0 saturated heterocycles. The molecule has 0 aliphatic rings. The van der Waals surface area contributed by atoms with Gasteiger partial charge < -0.3 is 5.11 Å². The summed E-state index contributed by atoms with van der Waals surface area (Å²) in [5.74, 6) is 0. The van der Waals surface area contributed by atoms with E-state index in [2.05, 4.69) is 42.2 Å². The van der Waals surface area contributed by atoms with Crippen LogP contribution in [0.1, 0.15) is 57.1 Å². The smallest absolute Gasteiger partial charge is 0.113 e. The maximum absolute atomic E-state index is 10.3. The van der Waals surface area contributed by atoms with Crippen molar-refractivity contribution >= 4 is 11.0 Å². The van der Waals surface area contributed by atoms with E-state index in [1.807, 2.05) is 24.3 Å². The summed E-state index contributed by atoms with van der Waals surface area (Å²) in [4.78, 5) is 1.72. The molecule has 0 aliphatic carbocycles. The van der Waals surface area contributed by atoms with Crippen molar-refractivity contribution in [2.24, 2.45) is 0 Å². The molecule has 1 aromatic heterocycles. The van der Waals surface area contributed by atoms with E-state index in [4.69, 9.17) is 0 Å². The van der Waals surface area contributed by atoms with Crippen LogP contribution in [0.5, 0.6) is 0 Å². The molecule has 0 amide bonds. The van der Waals surface area contributed by atoms with E-state index in [9.17, 15) is 5.11 Å². The van der Waals surface area contributed by atoms with Gasteiger partial charge in [-0.2, -0.15) is 4.80 Å². The maximum Gasteiger partial charge on any atom is 0.113 e. The van der Waals surface area contributed by atoms with E-state index in [1.54, 1.807) is 4.80 Å². The van der Waals surface area contributed by atoms with Crippen molar-refractivity contribution in [1.82, 2.24) is 15.0 Å². The van der Waals surface area contributed by atoms with Crippen LogP contribution in [0.4, 0.5) is 0 Å². The first kappa shape index (κ1) is 18.6. The molecule has 0 bridgehead atoms. The molecular formula is C22H29N3O. The topological polar surface area (TPSA) is 50.9 Å². The minimum Gasteiger partial charge on any atom is -0.393 e. The zero-order valence-electron chi connectivity index (χ0n) is 15.9. The van der Waals surface area contributed by atoms with Gasteiger partial charge in [0.05, 0.1) is 11.8 Å². The normalized spacial score (nSPS) is 12.6. The van der Waals surface area contributed by atoms with Crippen molar-refractivity contribution in [3.05, 3.63) is 53.6 Å². The second kappa shape index (κ2) is 8.95. The van der Waals surface area contributed by atoms with Gasteiger partial charge in [0.1, 0.15) is 11.0 Å². The fraction of sp³-hybridized carbons (Fsp3) is 0.455. The van der Waals surface area contributed by atoms with E-state index in [0.717, 1.165) is 42.4 Å². The lowest BCUT2D eigenvalue weighted by Crippen LogP contribution is -2.12. The number of fused-ring (bicyclic) bond motifs is 1. The third-order valence-electron chi connectivity index (χ3n) is 4.83. The molecule has 1 heterocycles. The predicted octanol–water partition coefficient (Wildman–Crippen LogP) is 4.86. The first-order valence-corrected chi connectivity index (χ1v) is 9.83. The molecule has 1 unspecified atom stereocenters. The average Bonchev–Trinajstić information content (AvgIpc) is 3.07. The number of nitrogens with zero attached hydrogens (tertiary/aromatic N) is 3. The van der Waals surface area contributed by atoms with Crippen LogP contribution < -0.4 is 0 Å². The van der Waals surface area contributed by atoms with Gasteiger partial charge in [-0.05, 0) is 61.1 Å². The lowest BCUT2D eigenvalue weighted by Gasteiger charge is -2.15. The van der Waals surface area contributed by atoms with Crippen molar-refractivity contribution in [3.63, 3.8) is 0 Å². The highest BCUT2D eigenvalue weighted by atomic mass is 16.3. The van der Waals surface area contributed by atoms with Gasteiger partial charge in [-0.3, -0.25) is 0 Å². The standard InChI is InChI=1S/C22H29N3O/c1-3-5-6-10-17-15-19(14-13-18(17)16-20(26)9-4-2)25-23-21-11-7-8-12-22(21)24-25/h7-8,11-15,20,26H,3-6,9-10,16H2,1-2H3. The number of rotatable bonds is 9. The van der Waals surface area contributed by atoms with Crippen molar-refractivity contribution < 1.29 is 5.11 Å². The monoisotopic (exact) mass is 351 g/mol. The molecule has 1 atom stereocenters. The lowest BCUT2D eigenvalue weighted by atomic mass is 9.95. The average molecular weight is 351 g/mol. The molecule has 3 rings (SSSR count). The second-order valence-electron chi connectivity index (χ2n) is 7.03. The van der Waals surface area contributed by atoms with Crippen LogP contribution in [0.15, 0.2) is 42.5 Å². The molecule has 0 fully saturated rings. The number of hydrogen-bond donors (Lipinski definition) is 1. The van der Waals surface area contributed by atoms with Gasteiger partial charge in [0.2, 0.25) is 0 Å². The fourth-order valence-corrected chi connectivity index (χ4v) is 3.40. The van der Waals surface area contributed by atoms with Crippen molar-refractivity contribution in [3.8, 4) is 5.69 Å². The summed E-state index contributed by atoms with van der Waals surface area (Å²) >= 11 is 0. The Morgan fingerprint density at radius 3 is 2.31 bits per heavy atom. The second-order valence-corrected chi connectivity index (χ2v) is 7.03. The highest BCUT2D eigenvalue weighted by Gasteiger charge is 2.12. The van der Waals surface area contributed by atoms with Crippen molar-refractivity contribution in [1.29, 1.82) is 0 Å². The van der Waals surface area contributed by atoms with Crippen LogP contribution in [0.3, 0.4) is 0 Å². The first-order valence-electron chi connectivity index (χ1n) is 9.83. The van der Waals surface area contributed by atoms with E-state index >= 15 is 0 Å². The fourth-order valence-electron chi connectivity index (χ4n) is 3.40. The third-order valence-corrected chi connectivity index (χ3v) is 4.83. The van der Waals surface area contributed by atoms with Gasteiger partial charge in [-0.25, -0.2) is 0 Å². The number of benzene rings is 2. The minimum absolute atomic E-state index is 0.263. The molecule has 1 N–H and O–H groups in total. The summed E-state index contributed by atoms with van der Waals surface area (Å²) in [5, 5.41) is 19.4. The molecular weight excluding hydrogens is 322 g/mol. The Morgan fingerprint density at radius 2 is 1.65 bits per heavy atom. The van der Waals surface area contributed by atoms with Gasteiger partial charge >= 0.3 is 0 Å². The Balaban J connectivity index is 1.89. The van der Waals surface area contributed by atoms with E-state index in [0.29, 0.717) is 0 Å². The molecule has 26 heavy (non-hydrogen) atoms. The maximum atomic E-state index is 10.3. The van der Waals surface area contributed by atoms with Crippen LogP contribution in [-0.2, 0) is 12.8 Å². The number of aliphatic hydroxyl groups excluding tert-OH is 1. The number of hydrogen-bond acceptors (Lipinski definition) is 3. The molecule has 0 radical (unpaired) electrons. The predicted molar refractivity (Wildman–Crippen MR) is 107 cm³/mol. The van der Waals surface area contributed by atoms with Crippen LogP contribution in [0.2, 0.25) is 0 Å². The third kappa shape index (κ3) is 4.50. The molecule has 3 aromatic rings. The Kier molecular flexibility index (Phi) is 6.40. The summed E-state index contributed by atoms with van der Waals surface area (Å²) in [6, 6.07) is 14.3. The zero-order valence-corrected chi connectivity index (χ0v) is 15.9. The van der Waals surface area contributed by atoms with Gasteiger partial charge in [-0.15, -0.1) is 10.2 Å². The summed E-state index contributed by atoms with van der Waals surface area (Å²) in [6.07, 6.45) is 6.97. The van der Waals surface area contributed by atoms with Crippen molar-refractivity contribution in [2.75, 3.05) is 0 Å². The Morgan fingerprint density at radius 1 is 0.923 bits per heavy atom. The SMILES string of the molecule is CCCCCc1cc(-n2nc3ccccc3n2)ccc1CC(O)CCC. The molecule has 0 saturated carbocycles. The van der Waals surface area contributed by atoms with Gasteiger partial charge in [0.25, 0.3) is 0 Å². The number of aliphatic hydroxyl groups is 1. The minimum atomic E-state index is -0.263. The van der Waals surface area contributed by atoms with Crippen LogP contribution >= 0.6 is 0 Å². The van der Waals surface area contributed by atoms with E-state index < -0.39 is 0 Å². The Bertz CT molecular complexity index is 807. The van der Waals surface area contributed by atoms with Gasteiger partial charge in [0, 0.05) is 0 Å². The summed E-state index contributed by atoms with van der Waals surface area (Å²) in [6.45, 7) is 4.34. The summed E-state index contributed by atoms with van der Waals surface area (Å²) < 4.78 is 0. The zero-order chi connectivity index (χ0) is 18.4. The largest absolute Gasteiger partial charge is 0.393 e.